The number of amides is 1. The molecule has 3 aromatic rings. The van der Waals surface area contributed by atoms with Crippen LogP contribution in [0.1, 0.15) is 36.1 Å². The molecule has 9 heteroatoms. The number of carbonyl (C=O) groups excluding carboxylic acids is 1. The number of aliphatic hydroxyl groups excluding tert-OH is 2. The van der Waals surface area contributed by atoms with Gasteiger partial charge in [-0.15, -0.1) is 0 Å². The second-order valence-corrected chi connectivity index (χ2v) is 9.02. The third kappa shape index (κ3) is 7.13. The number of nitrogens with zero attached hydrogens (tertiary/aromatic N) is 3. The molecule has 0 spiro atoms. The van der Waals surface area contributed by atoms with Crippen LogP contribution < -0.4 is 10.1 Å². The number of rotatable bonds is 12. The number of carbonyl (C=O) groups is 1. The molecule has 3 rings (SSSR count). The van der Waals surface area contributed by atoms with E-state index in [1.807, 2.05) is 32.0 Å². The quantitative estimate of drug-likeness (QED) is 0.350. The Morgan fingerprint density at radius 3 is 2.64 bits per heavy atom. The molecule has 1 amide bonds. The number of benzene rings is 2. The zero-order chi connectivity index (χ0) is 26.2. The molecule has 0 aliphatic heterocycles. The Morgan fingerprint density at radius 1 is 1.17 bits per heavy atom. The standard InChI is InChI=1S/C27H36N4O5/c1-6-20-12-21(10-18(4)25(20)35-16-23(33)13-28-24(34)15-32)26-29-27(36-30-26)22-9-17(3)8-19(11-22)14-31(5)7-2/h8-12,23,32-33H,6-7,13-16H2,1-5H3,(H,28,34)/t23-/m0/s1. The smallest absolute Gasteiger partial charge is 0.258 e. The van der Waals surface area contributed by atoms with Gasteiger partial charge in [-0.25, -0.2) is 0 Å². The van der Waals surface area contributed by atoms with Gasteiger partial charge < -0.3 is 29.7 Å². The molecule has 0 aliphatic carbocycles. The molecule has 0 saturated heterocycles. The summed E-state index contributed by atoms with van der Waals surface area (Å²) in [5.74, 6) is 1.10. The molecule has 1 heterocycles. The van der Waals surface area contributed by atoms with Gasteiger partial charge in [0.05, 0.1) is 0 Å². The predicted molar refractivity (Wildman–Crippen MR) is 138 cm³/mol. The van der Waals surface area contributed by atoms with Gasteiger partial charge in [-0.05, 0) is 74.8 Å². The van der Waals surface area contributed by atoms with Gasteiger partial charge in [-0.2, -0.15) is 4.98 Å². The highest BCUT2D eigenvalue weighted by molar-refractivity contribution is 5.76. The number of nitrogens with one attached hydrogen (secondary N) is 1. The number of hydrogen-bond acceptors (Lipinski definition) is 8. The summed E-state index contributed by atoms with van der Waals surface area (Å²) in [6.07, 6.45) is -0.196. The van der Waals surface area contributed by atoms with Crippen LogP contribution in [0.3, 0.4) is 0 Å². The lowest BCUT2D eigenvalue weighted by Crippen LogP contribution is -2.36. The van der Waals surface area contributed by atoms with E-state index in [0.29, 0.717) is 23.9 Å². The molecule has 9 nitrogen and oxygen atoms in total. The lowest BCUT2D eigenvalue weighted by molar-refractivity contribution is -0.124. The van der Waals surface area contributed by atoms with Crippen molar-refractivity contribution in [1.82, 2.24) is 20.4 Å². The van der Waals surface area contributed by atoms with Crippen molar-refractivity contribution >= 4 is 5.91 Å². The van der Waals surface area contributed by atoms with Crippen LogP contribution in [0.15, 0.2) is 34.9 Å². The fourth-order valence-corrected chi connectivity index (χ4v) is 3.93. The van der Waals surface area contributed by atoms with Crippen LogP contribution in [0.5, 0.6) is 5.75 Å². The Hall–Kier alpha value is -3.27. The largest absolute Gasteiger partial charge is 0.490 e. The summed E-state index contributed by atoms with van der Waals surface area (Å²) in [6.45, 7) is 9.33. The highest BCUT2D eigenvalue weighted by Crippen LogP contribution is 2.31. The maximum Gasteiger partial charge on any atom is 0.258 e. The first kappa shape index (κ1) is 27.3. The first-order chi connectivity index (χ1) is 17.2. The molecule has 0 bridgehead atoms. The number of aliphatic hydroxyl groups is 2. The van der Waals surface area contributed by atoms with Gasteiger partial charge in [0.25, 0.3) is 5.89 Å². The van der Waals surface area contributed by atoms with Crippen LogP contribution in [0.2, 0.25) is 0 Å². The number of aromatic nitrogens is 2. The van der Waals surface area contributed by atoms with E-state index < -0.39 is 18.6 Å². The summed E-state index contributed by atoms with van der Waals surface area (Å²) >= 11 is 0. The van der Waals surface area contributed by atoms with Gasteiger partial charge in [0.1, 0.15) is 25.1 Å². The summed E-state index contributed by atoms with van der Waals surface area (Å²) in [6, 6.07) is 10.2. The Morgan fingerprint density at radius 2 is 1.94 bits per heavy atom. The van der Waals surface area contributed by atoms with Crippen molar-refractivity contribution in [2.24, 2.45) is 0 Å². The molecule has 1 aromatic heterocycles. The first-order valence-corrected chi connectivity index (χ1v) is 12.2. The van der Waals surface area contributed by atoms with Gasteiger partial charge in [0.2, 0.25) is 11.7 Å². The molecule has 36 heavy (non-hydrogen) atoms. The van der Waals surface area contributed by atoms with Crippen LogP contribution >= 0.6 is 0 Å². The summed E-state index contributed by atoms with van der Waals surface area (Å²) in [5.41, 5.74) is 5.86. The normalized spacial score (nSPS) is 12.1. The average molecular weight is 497 g/mol. The summed E-state index contributed by atoms with van der Waals surface area (Å²) in [7, 11) is 2.09. The Balaban J connectivity index is 1.79. The highest BCUT2D eigenvalue weighted by atomic mass is 16.5. The van der Waals surface area contributed by atoms with E-state index in [4.69, 9.17) is 14.4 Å². The lowest BCUT2D eigenvalue weighted by Gasteiger charge is -2.17. The zero-order valence-corrected chi connectivity index (χ0v) is 21.7. The van der Waals surface area contributed by atoms with E-state index in [0.717, 1.165) is 40.9 Å². The fourth-order valence-electron chi connectivity index (χ4n) is 3.93. The van der Waals surface area contributed by atoms with Crippen molar-refractivity contribution in [3.8, 4) is 28.6 Å². The van der Waals surface area contributed by atoms with Crippen molar-refractivity contribution in [2.75, 3.05) is 33.4 Å². The molecule has 2 aromatic carbocycles. The lowest BCUT2D eigenvalue weighted by atomic mass is 10.0. The van der Waals surface area contributed by atoms with E-state index in [-0.39, 0.29) is 13.2 Å². The fraction of sp³-hybridized carbons (Fsp3) is 0.444. The summed E-state index contributed by atoms with van der Waals surface area (Å²) in [4.78, 5) is 18.1. The maximum absolute atomic E-state index is 11.2. The van der Waals surface area contributed by atoms with Crippen LogP contribution in [0, 0.1) is 13.8 Å². The predicted octanol–water partition coefficient (Wildman–Crippen LogP) is 2.88. The maximum atomic E-state index is 11.2. The third-order valence-electron chi connectivity index (χ3n) is 5.89. The Kier molecular flexibility index (Phi) is 9.58. The molecule has 0 radical (unpaired) electrons. The molecular weight excluding hydrogens is 460 g/mol. The van der Waals surface area contributed by atoms with Crippen molar-refractivity contribution in [3.05, 3.63) is 52.6 Å². The number of ether oxygens (including phenoxy) is 1. The first-order valence-electron chi connectivity index (χ1n) is 12.2. The monoisotopic (exact) mass is 496 g/mol. The van der Waals surface area contributed by atoms with Crippen molar-refractivity contribution in [3.63, 3.8) is 0 Å². The van der Waals surface area contributed by atoms with Crippen molar-refractivity contribution < 1.29 is 24.3 Å². The summed E-state index contributed by atoms with van der Waals surface area (Å²) < 4.78 is 11.5. The molecule has 0 aliphatic rings. The average Bonchev–Trinajstić information content (AvgIpc) is 3.36. The minimum Gasteiger partial charge on any atom is -0.490 e. The van der Waals surface area contributed by atoms with Crippen molar-refractivity contribution in [2.45, 2.75) is 46.8 Å². The molecule has 0 unspecified atom stereocenters. The second kappa shape index (κ2) is 12.6. The van der Waals surface area contributed by atoms with Gasteiger partial charge in [0, 0.05) is 24.2 Å². The Bertz CT molecular complexity index is 1180. The minimum atomic E-state index is -0.902. The number of hydrogen-bond donors (Lipinski definition) is 3. The van der Waals surface area contributed by atoms with E-state index in [1.54, 1.807) is 0 Å². The van der Waals surface area contributed by atoms with Gasteiger partial charge in [0.15, 0.2) is 0 Å². The molecular formula is C27H36N4O5. The van der Waals surface area contributed by atoms with Gasteiger partial charge in [-0.3, -0.25) is 4.79 Å². The molecule has 0 saturated carbocycles. The molecule has 3 N–H and O–H groups in total. The summed E-state index contributed by atoms with van der Waals surface area (Å²) in [5, 5.41) is 25.5. The van der Waals surface area contributed by atoms with Crippen LogP contribution in [0.25, 0.3) is 22.8 Å². The van der Waals surface area contributed by atoms with Crippen LogP contribution in [0.4, 0.5) is 0 Å². The molecule has 194 valence electrons. The van der Waals surface area contributed by atoms with Gasteiger partial charge >= 0.3 is 0 Å². The van der Waals surface area contributed by atoms with E-state index in [9.17, 15) is 9.90 Å². The minimum absolute atomic E-state index is 0.000967. The second-order valence-electron chi connectivity index (χ2n) is 9.02. The topological polar surface area (TPSA) is 121 Å². The number of aryl methyl sites for hydroxylation is 3. The highest BCUT2D eigenvalue weighted by Gasteiger charge is 2.17. The van der Waals surface area contributed by atoms with E-state index in [2.05, 4.69) is 53.4 Å². The van der Waals surface area contributed by atoms with E-state index in [1.165, 1.54) is 5.56 Å². The molecule has 1 atom stereocenters. The Labute approximate surface area is 212 Å². The third-order valence-corrected chi connectivity index (χ3v) is 5.89. The van der Waals surface area contributed by atoms with Gasteiger partial charge in [-0.1, -0.05) is 30.6 Å². The SMILES string of the molecule is CCc1cc(-c2noc(-c3cc(C)cc(CN(C)CC)c3)n2)cc(C)c1OC[C@@H](O)CNC(=O)CO. The van der Waals surface area contributed by atoms with E-state index >= 15 is 0 Å². The van der Waals surface area contributed by atoms with Crippen molar-refractivity contribution in [1.29, 1.82) is 0 Å². The molecule has 0 fully saturated rings. The zero-order valence-electron chi connectivity index (χ0n) is 21.7. The van der Waals surface area contributed by atoms with Crippen LogP contribution in [-0.2, 0) is 17.8 Å². The van der Waals surface area contributed by atoms with Crippen LogP contribution in [-0.4, -0.2) is 70.6 Å².